The zero-order valence-corrected chi connectivity index (χ0v) is 21.5. The molecule has 2 aliphatic heterocycles. The Balaban J connectivity index is 1.39. The number of fused-ring (bicyclic) bond motifs is 2. The van der Waals surface area contributed by atoms with Gasteiger partial charge in [-0.05, 0) is 43.3 Å². The predicted molar refractivity (Wildman–Crippen MR) is 145 cm³/mol. The Morgan fingerprint density at radius 1 is 1.21 bits per heavy atom. The Bertz CT molecular complexity index is 1500. The number of anilines is 1. The monoisotopic (exact) mass is 512 g/mol. The molecule has 2 saturated heterocycles. The number of likely N-dealkylation sites (tertiary alicyclic amines) is 1. The van der Waals surface area contributed by atoms with Gasteiger partial charge in [0.25, 0.3) is 0 Å². The molecule has 2 aliphatic rings. The van der Waals surface area contributed by atoms with E-state index < -0.39 is 0 Å². The Morgan fingerprint density at radius 2 is 2.11 bits per heavy atom. The van der Waals surface area contributed by atoms with Gasteiger partial charge in [-0.1, -0.05) is 30.3 Å². The third-order valence-corrected chi connectivity index (χ3v) is 7.74. The summed E-state index contributed by atoms with van der Waals surface area (Å²) in [7, 11) is 2.12. The lowest BCUT2D eigenvalue weighted by molar-refractivity contribution is 0.185. The molecule has 0 saturated carbocycles. The summed E-state index contributed by atoms with van der Waals surface area (Å²) in [6.07, 6.45) is 4.94. The number of phenolic OH excluding ortho intramolecular Hbond substituents is 1. The summed E-state index contributed by atoms with van der Waals surface area (Å²) in [4.78, 5) is 14.0. The molecule has 2 aromatic carbocycles. The lowest BCUT2D eigenvalue weighted by Crippen LogP contribution is -2.51. The average molecular weight is 513 g/mol. The molecule has 4 heterocycles. The van der Waals surface area contributed by atoms with Gasteiger partial charge in [0.2, 0.25) is 0 Å². The van der Waals surface area contributed by atoms with Crippen LogP contribution in [0.3, 0.4) is 0 Å². The fourth-order valence-corrected chi connectivity index (χ4v) is 5.60. The molecule has 0 aliphatic carbocycles. The Kier molecular flexibility index (Phi) is 6.70. The third-order valence-electron chi connectivity index (χ3n) is 7.74. The van der Waals surface area contributed by atoms with E-state index in [9.17, 15) is 10.4 Å². The minimum absolute atomic E-state index is 0.0577. The van der Waals surface area contributed by atoms with E-state index in [0.717, 1.165) is 54.5 Å². The number of rotatable bonds is 7. The average Bonchev–Trinajstić information content (AvgIpc) is 3.54. The van der Waals surface area contributed by atoms with Crippen LogP contribution in [0, 0.1) is 11.3 Å². The van der Waals surface area contributed by atoms with Crippen molar-refractivity contribution in [2.24, 2.45) is 0 Å². The number of phenols is 1. The Hall–Kier alpha value is -3.94. The van der Waals surface area contributed by atoms with Gasteiger partial charge in [-0.25, -0.2) is 9.50 Å². The highest BCUT2D eigenvalue weighted by Gasteiger charge is 2.26. The van der Waals surface area contributed by atoms with Crippen molar-refractivity contribution in [3.8, 4) is 17.8 Å². The predicted octanol–water partition coefficient (Wildman–Crippen LogP) is 2.74. The molecule has 4 aromatic rings. The van der Waals surface area contributed by atoms with E-state index in [4.69, 9.17) is 19.8 Å². The summed E-state index contributed by atoms with van der Waals surface area (Å²) in [5.41, 5.74) is 2.31. The van der Waals surface area contributed by atoms with Crippen molar-refractivity contribution in [2.45, 2.75) is 37.8 Å². The van der Waals surface area contributed by atoms with Crippen LogP contribution in [-0.2, 0) is 6.42 Å². The first kappa shape index (κ1) is 24.4. The number of aromatic hydroxyl groups is 1. The minimum Gasteiger partial charge on any atom is -0.508 e. The number of hydrogen-bond donors (Lipinski definition) is 2. The topological polar surface area (TPSA) is 115 Å². The second-order valence-corrected chi connectivity index (χ2v) is 10.2. The molecular formula is C28H32N8O2. The van der Waals surface area contributed by atoms with Gasteiger partial charge >= 0.3 is 6.01 Å². The SMILES string of the molecule is CN1CCCC1COc1nc(N2CCNC(CC#N)C2)c2ncc(Cc3c(O)ccc4ccccc34)n2n1. The number of likely N-dealkylation sites (N-methyl/N-ethyl adjacent to an activating group) is 1. The number of nitriles is 1. The molecule has 0 amide bonds. The van der Waals surface area contributed by atoms with E-state index in [0.29, 0.717) is 49.5 Å². The highest BCUT2D eigenvalue weighted by Crippen LogP contribution is 2.31. The summed E-state index contributed by atoms with van der Waals surface area (Å²) in [6, 6.07) is 14.7. The van der Waals surface area contributed by atoms with Gasteiger partial charge in [-0.2, -0.15) is 10.2 Å². The maximum Gasteiger partial charge on any atom is 0.336 e. The van der Waals surface area contributed by atoms with Crippen LogP contribution in [-0.4, -0.2) is 81.5 Å². The summed E-state index contributed by atoms with van der Waals surface area (Å²) < 4.78 is 7.99. The fraction of sp³-hybridized carbons (Fsp3) is 0.429. The van der Waals surface area contributed by atoms with Gasteiger partial charge in [0.1, 0.15) is 12.4 Å². The van der Waals surface area contributed by atoms with Crippen molar-refractivity contribution in [1.82, 2.24) is 29.8 Å². The standard InChI is InChI=1S/C28H32N8O2/c1-34-13-4-6-21(34)18-38-28-32-27(35-14-12-30-20(17-35)10-11-29)26-31-16-22(36(26)33-28)15-24-23-7-3-2-5-19(23)8-9-25(24)37/h2-3,5,7-9,16,20-21,30,37H,4,6,10,12-15,17-18H2,1H3. The zero-order valence-electron chi connectivity index (χ0n) is 21.5. The van der Waals surface area contributed by atoms with Crippen LogP contribution in [0.25, 0.3) is 16.4 Å². The third kappa shape index (κ3) is 4.71. The van der Waals surface area contributed by atoms with E-state index in [1.54, 1.807) is 16.8 Å². The van der Waals surface area contributed by atoms with Crippen molar-refractivity contribution >= 4 is 22.2 Å². The molecule has 2 unspecified atom stereocenters. The van der Waals surface area contributed by atoms with E-state index >= 15 is 0 Å². The Morgan fingerprint density at radius 3 is 2.95 bits per heavy atom. The van der Waals surface area contributed by atoms with Crippen LogP contribution >= 0.6 is 0 Å². The van der Waals surface area contributed by atoms with E-state index in [1.165, 1.54) is 0 Å². The lowest BCUT2D eigenvalue weighted by Gasteiger charge is -2.33. The van der Waals surface area contributed by atoms with Crippen molar-refractivity contribution in [1.29, 1.82) is 5.26 Å². The molecular weight excluding hydrogens is 480 g/mol. The number of ether oxygens (including phenoxy) is 1. The largest absolute Gasteiger partial charge is 0.508 e. The lowest BCUT2D eigenvalue weighted by atomic mass is 10.00. The van der Waals surface area contributed by atoms with Crippen LogP contribution in [0.4, 0.5) is 5.82 Å². The molecule has 10 nitrogen and oxygen atoms in total. The quantitative estimate of drug-likeness (QED) is 0.386. The molecule has 0 bridgehead atoms. The molecule has 2 N–H and O–H groups in total. The Labute approximate surface area is 221 Å². The summed E-state index contributed by atoms with van der Waals surface area (Å²) >= 11 is 0. The van der Waals surface area contributed by atoms with Gasteiger partial charge in [0.15, 0.2) is 11.5 Å². The molecule has 0 spiro atoms. The van der Waals surface area contributed by atoms with Gasteiger partial charge < -0.3 is 25.0 Å². The molecule has 2 fully saturated rings. The number of hydrogen-bond acceptors (Lipinski definition) is 9. The highest BCUT2D eigenvalue weighted by molar-refractivity contribution is 5.88. The second kappa shape index (κ2) is 10.4. The van der Waals surface area contributed by atoms with Crippen LogP contribution in [0.5, 0.6) is 11.8 Å². The van der Waals surface area contributed by atoms with Crippen molar-refractivity contribution in [3.05, 3.63) is 53.9 Å². The van der Waals surface area contributed by atoms with Crippen LogP contribution < -0.4 is 15.0 Å². The fourth-order valence-electron chi connectivity index (χ4n) is 5.60. The molecule has 196 valence electrons. The number of aromatic nitrogens is 4. The number of nitrogens with zero attached hydrogens (tertiary/aromatic N) is 7. The van der Waals surface area contributed by atoms with E-state index in [2.05, 4.69) is 28.2 Å². The van der Waals surface area contributed by atoms with E-state index in [1.807, 2.05) is 30.3 Å². The second-order valence-electron chi connectivity index (χ2n) is 10.2. The summed E-state index contributed by atoms with van der Waals surface area (Å²) in [6.45, 7) is 3.74. The normalized spacial score (nSPS) is 20.3. The molecule has 2 atom stereocenters. The number of piperazine rings is 1. The molecule has 38 heavy (non-hydrogen) atoms. The first-order chi connectivity index (χ1) is 18.6. The van der Waals surface area contributed by atoms with Gasteiger partial charge in [-0.15, -0.1) is 5.10 Å². The smallest absolute Gasteiger partial charge is 0.336 e. The minimum atomic E-state index is 0.0577. The maximum atomic E-state index is 10.8. The zero-order chi connectivity index (χ0) is 26.1. The highest BCUT2D eigenvalue weighted by atomic mass is 16.5. The van der Waals surface area contributed by atoms with Gasteiger partial charge in [0, 0.05) is 43.7 Å². The van der Waals surface area contributed by atoms with Crippen molar-refractivity contribution < 1.29 is 9.84 Å². The first-order valence-corrected chi connectivity index (χ1v) is 13.2. The maximum absolute atomic E-state index is 10.8. The van der Waals surface area contributed by atoms with Crippen LogP contribution in [0.15, 0.2) is 42.6 Å². The molecule has 6 rings (SSSR count). The molecule has 2 aromatic heterocycles. The van der Waals surface area contributed by atoms with Crippen LogP contribution in [0.1, 0.15) is 30.5 Å². The number of benzene rings is 2. The molecule has 10 heteroatoms. The van der Waals surface area contributed by atoms with Gasteiger partial charge in [-0.3, -0.25) is 0 Å². The van der Waals surface area contributed by atoms with E-state index in [-0.39, 0.29) is 11.8 Å². The van der Waals surface area contributed by atoms with Crippen molar-refractivity contribution in [2.75, 3.05) is 44.7 Å². The summed E-state index contributed by atoms with van der Waals surface area (Å²) in [5.74, 6) is 0.947. The van der Waals surface area contributed by atoms with Crippen LogP contribution in [0.2, 0.25) is 0 Å². The summed E-state index contributed by atoms with van der Waals surface area (Å²) in [5, 5.41) is 30.2. The number of nitrogens with one attached hydrogen (secondary N) is 1. The number of imidazole rings is 1. The first-order valence-electron chi connectivity index (χ1n) is 13.2. The van der Waals surface area contributed by atoms with Crippen molar-refractivity contribution in [3.63, 3.8) is 0 Å². The molecule has 0 radical (unpaired) electrons. The van der Waals surface area contributed by atoms with Gasteiger partial charge in [0.05, 0.1) is 24.4 Å².